The quantitative estimate of drug-likeness (QED) is 0.582. The molecule has 2 aromatic rings. The van der Waals surface area contributed by atoms with Crippen LogP contribution in [0.4, 0.5) is 8.78 Å². The van der Waals surface area contributed by atoms with E-state index in [1.54, 1.807) is 12.1 Å². The molecule has 2 rings (SSSR count). The van der Waals surface area contributed by atoms with Gasteiger partial charge in [-0.2, -0.15) is 0 Å². The highest BCUT2D eigenvalue weighted by Crippen LogP contribution is 2.39. The molecule has 0 bridgehead atoms. The van der Waals surface area contributed by atoms with Crippen molar-refractivity contribution in [3.05, 3.63) is 68.8 Å². The van der Waals surface area contributed by atoms with E-state index >= 15 is 0 Å². The van der Waals surface area contributed by atoms with Crippen molar-refractivity contribution in [1.82, 2.24) is 0 Å². The summed E-state index contributed by atoms with van der Waals surface area (Å²) in [6.07, 6.45) is 0. The lowest BCUT2D eigenvalue weighted by molar-refractivity contribution is 0.500. The number of alkyl halides is 1. The molecule has 0 saturated carbocycles. The van der Waals surface area contributed by atoms with Crippen LogP contribution in [0.25, 0.3) is 0 Å². The largest absolute Gasteiger partial charge is 0.204 e. The molecular formula is C18H19BrF2. The summed E-state index contributed by atoms with van der Waals surface area (Å²) in [5.41, 5.74) is 7.28. The first-order valence-corrected chi connectivity index (χ1v) is 7.83. The van der Waals surface area contributed by atoms with E-state index in [-0.39, 0.29) is 4.83 Å². The molecule has 2 aromatic carbocycles. The fourth-order valence-electron chi connectivity index (χ4n) is 2.78. The van der Waals surface area contributed by atoms with Crippen molar-refractivity contribution >= 4 is 15.9 Å². The molecule has 0 nitrogen and oxygen atoms in total. The van der Waals surface area contributed by atoms with Crippen LogP contribution in [0.3, 0.4) is 0 Å². The number of benzene rings is 2. The maximum atomic E-state index is 14.1. The first kappa shape index (κ1) is 16.2. The Morgan fingerprint density at radius 3 is 1.81 bits per heavy atom. The van der Waals surface area contributed by atoms with Crippen LogP contribution in [0.2, 0.25) is 0 Å². The topological polar surface area (TPSA) is 0 Å². The van der Waals surface area contributed by atoms with Gasteiger partial charge in [0.05, 0.1) is 4.83 Å². The lowest BCUT2D eigenvalue weighted by atomic mass is 9.86. The summed E-state index contributed by atoms with van der Waals surface area (Å²) < 4.78 is 27.6. The smallest absolute Gasteiger partial charge is 0.163 e. The summed E-state index contributed by atoms with van der Waals surface area (Å²) >= 11 is 3.57. The molecule has 0 radical (unpaired) electrons. The Bertz CT molecular complexity index is 676. The van der Waals surface area contributed by atoms with Crippen LogP contribution in [-0.2, 0) is 0 Å². The van der Waals surface area contributed by atoms with Gasteiger partial charge in [0.1, 0.15) is 0 Å². The van der Waals surface area contributed by atoms with Gasteiger partial charge in [-0.3, -0.25) is 0 Å². The zero-order valence-corrected chi connectivity index (χ0v) is 14.5. The highest BCUT2D eigenvalue weighted by molar-refractivity contribution is 9.09. The monoisotopic (exact) mass is 352 g/mol. The SMILES string of the molecule is Cc1c(C)c(C)c(C(Br)c2cccc(F)c2F)c(C)c1C. The van der Waals surface area contributed by atoms with E-state index in [9.17, 15) is 8.78 Å². The van der Waals surface area contributed by atoms with E-state index in [0.29, 0.717) is 5.56 Å². The van der Waals surface area contributed by atoms with Gasteiger partial charge in [-0.15, -0.1) is 0 Å². The fourth-order valence-corrected chi connectivity index (χ4v) is 3.82. The molecule has 0 heterocycles. The molecule has 21 heavy (non-hydrogen) atoms. The van der Waals surface area contributed by atoms with Gasteiger partial charge in [0.25, 0.3) is 0 Å². The normalized spacial score (nSPS) is 12.6. The van der Waals surface area contributed by atoms with Gasteiger partial charge < -0.3 is 0 Å². The highest BCUT2D eigenvalue weighted by Gasteiger charge is 2.23. The first-order valence-electron chi connectivity index (χ1n) is 6.92. The summed E-state index contributed by atoms with van der Waals surface area (Å²) in [4.78, 5) is -0.355. The minimum atomic E-state index is -0.812. The first-order chi connectivity index (χ1) is 9.77. The molecule has 0 N–H and O–H groups in total. The van der Waals surface area contributed by atoms with Crippen LogP contribution >= 0.6 is 15.9 Å². The highest BCUT2D eigenvalue weighted by atomic mass is 79.9. The van der Waals surface area contributed by atoms with Crippen LogP contribution in [-0.4, -0.2) is 0 Å². The van der Waals surface area contributed by atoms with E-state index in [0.717, 1.165) is 22.8 Å². The van der Waals surface area contributed by atoms with Crippen LogP contribution < -0.4 is 0 Å². The summed E-state index contributed by atoms with van der Waals surface area (Å²) in [5.74, 6) is -1.60. The van der Waals surface area contributed by atoms with Crippen molar-refractivity contribution in [2.75, 3.05) is 0 Å². The standard InChI is InChI=1S/C18H19BrF2/c1-9-10(2)12(4)16(13(5)11(9)3)17(19)14-7-6-8-15(20)18(14)21/h6-8,17H,1-5H3. The third-order valence-electron chi connectivity index (χ3n) is 4.57. The molecule has 0 aliphatic carbocycles. The second-order valence-electron chi connectivity index (χ2n) is 5.54. The number of hydrogen-bond acceptors (Lipinski definition) is 0. The zero-order chi connectivity index (χ0) is 15.9. The predicted molar refractivity (Wildman–Crippen MR) is 87.3 cm³/mol. The Hall–Kier alpha value is -1.22. The van der Waals surface area contributed by atoms with Gasteiger partial charge in [0.15, 0.2) is 11.6 Å². The molecule has 0 saturated heterocycles. The van der Waals surface area contributed by atoms with Gasteiger partial charge in [-0.1, -0.05) is 28.1 Å². The van der Waals surface area contributed by atoms with Crippen molar-refractivity contribution in [3.63, 3.8) is 0 Å². The van der Waals surface area contributed by atoms with Crippen LogP contribution in [0.15, 0.2) is 18.2 Å². The second kappa shape index (κ2) is 5.88. The molecule has 0 aliphatic rings. The van der Waals surface area contributed by atoms with Gasteiger partial charge >= 0.3 is 0 Å². The number of halogens is 3. The van der Waals surface area contributed by atoms with E-state index in [1.165, 1.54) is 16.7 Å². The van der Waals surface area contributed by atoms with Gasteiger partial charge in [0, 0.05) is 5.56 Å². The summed E-state index contributed by atoms with van der Waals surface area (Å²) in [7, 11) is 0. The molecule has 0 amide bonds. The molecule has 0 spiro atoms. The van der Waals surface area contributed by atoms with Crippen LogP contribution in [0.5, 0.6) is 0 Å². The Kier molecular flexibility index (Phi) is 4.52. The fraction of sp³-hybridized carbons (Fsp3) is 0.333. The lowest BCUT2D eigenvalue weighted by Crippen LogP contribution is -2.07. The molecule has 0 aliphatic heterocycles. The van der Waals surface area contributed by atoms with E-state index < -0.39 is 11.6 Å². The average Bonchev–Trinajstić information content (AvgIpc) is 2.46. The molecular weight excluding hydrogens is 334 g/mol. The van der Waals surface area contributed by atoms with E-state index in [4.69, 9.17) is 0 Å². The van der Waals surface area contributed by atoms with Crippen molar-refractivity contribution in [2.24, 2.45) is 0 Å². The molecule has 112 valence electrons. The van der Waals surface area contributed by atoms with Crippen molar-refractivity contribution < 1.29 is 8.78 Å². The summed E-state index contributed by atoms with van der Waals surface area (Å²) in [6, 6.07) is 4.31. The zero-order valence-electron chi connectivity index (χ0n) is 12.9. The molecule has 3 heteroatoms. The molecule has 0 aromatic heterocycles. The molecule has 1 unspecified atom stereocenters. The Labute approximate surface area is 133 Å². The lowest BCUT2D eigenvalue weighted by Gasteiger charge is -2.23. The van der Waals surface area contributed by atoms with E-state index in [2.05, 4.69) is 36.7 Å². The third kappa shape index (κ3) is 2.64. The molecule has 0 fully saturated rings. The predicted octanol–water partition coefficient (Wildman–Crippen LogP) is 5.99. The third-order valence-corrected chi connectivity index (χ3v) is 5.52. The minimum Gasteiger partial charge on any atom is -0.204 e. The maximum absolute atomic E-state index is 14.1. The summed E-state index contributed by atoms with van der Waals surface area (Å²) in [5, 5.41) is 0. The Morgan fingerprint density at radius 1 is 0.810 bits per heavy atom. The molecule has 1 atom stereocenters. The average molecular weight is 353 g/mol. The van der Waals surface area contributed by atoms with Crippen molar-refractivity contribution in [1.29, 1.82) is 0 Å². The van der Waals surface area contributed by atoms with E-state index in [1.807, 2.05) is 13.8 Å². The second-order valence-corrected chi connectivity index (χ2v) is 6.46. The number of hydrogen-bond donors (Lipinski definition) is 0. The minimum absolute atomic E-state index is 0.337. The van der Waals surface area contributed by atoms with Crippen LogP contribution in [0.1, 0.15) is 43.8 Å². The van der Waals surface area contributed by atoms with Gasteiger partial charge in [0.2, 0.25) is 0 Å². The van der Waals surface area contributed by atoms with Gasteiger partial charge in [-0.05, 0) is 74.1 Å². The maximum Gasteiger partial charge on any atom is 0.163 e. The number of rotatable bonds is 2. The Morgan fingerprint density at radius 2 is 1.29 bits per heavy atom. The van der Waals surface area contributed by atoms with Gasteiger partial charge in [-0.25, -0.2) is 8.78 Å². The summed E-state index contributed by atoms with van der Waals surface area (Å²) in [6.45, 7) is 10.3. The Balaban J connectivity index is 2.70. The van der Waals surface area contributed by atoms with Crippen LogP contribution in [0, 0.1) is 46.3 Å². The van der Waals surface area contributed by atoms with Crippen molar-refractivity contribution in [3.8, 4) is 0 Å². The van der Waals surface area contributed by atoms with Crippen molar-refractivity contribution in [2.45, 2.75) is 39.4 Å².